The Balaban J connectivity index is 1.75. The normalized spacial score (nSPS) is 21.4. The molecule has 3 nitrogen and oxygen atoms in total. The summed E-state index contributed by atoms with van der Waals surface area (Å²) < 4.78 is 5.20. The van der Waals surface area contributed by atoms with E-state index in [1.165, 1.54) is 38.5 Å². The summed E-state index contributed by atoms with van der Waals surface area (Å²) in [5.41, 5.74) is 0. The van der Waals surface area contributed by atoms with E-state index < -0.39 is 6.10 Å². The first-order valence-corrected chi connectivity index (χ1v) is 7.22. The predicted octanol–water partition coefficient (Wildman–Crippen LogP) is 3.26. The van der Waals surface area contributed by atoms with Gasteiger partial charge in [0.15, 0.2) is 0 Å². The molecule has 0 saturated heterocycles. The van der Waals surface area contributed by atoms with Crippen LogP contribution in [0.25, 0.3) is 0 Å². The van der Waals surface area contributed by atoms with Crippen LogP contribution < -0.4 is 5.32 Å². The van der Waals surface area contributed by atoms with Gasteiger partial charge in [-0.1, -0.05) is 25.7 Å². The van der Waals surface area contributed by atoms with Crippen LogP contribution >= 0.6 is 0 Å². The van der Waals surface area contributed by atoms with Crippen LogP contribution in [0.15, 0.2) is 22.8 Å². The fourth-order valence-corrected chi connectivity index (χ4v) is 2.86. The third-order valence-corrected chi connectivity index (χ3v) is 4.11. The molecule has 2 N–H and O–H groups in total. The number of hydrogen-bond donors (Lipinski definition) is 2. The fraction of sp³-hybridized carbons (Fsp3) is 0.733. The predicted molar refractivity (Wildman–Crippen MR) is 72.3 cm³/mol. The van der Waals surface area contributed by atoms with Gasteiger partial charge < -0.3 is 14.8 Å². The summed E-state index contributed by atoms with van der Waals surface area (Å²) in [5, 5.41) is 13.4. The van der Waals surface area contributed by atoms with Gasteiger partial charge in [0.2, 0.25) is 0 Å². The van der Waals surface area contributed by atoms with E-state index in [0.29, 0.717) is 18.3 Å². The van der Waals surface area contributed by atoms with Gasteiger partial charge in [-0.25, -0.2) is 0 Å². The molecule has 1 aromatic heterocycles. The van der Waals surface area contributed by atoms with Gasteiger partial charge in [0.25, 0.3) is 0 Å². The van der Waals surface area contributed by atoms with Crippen molar-refractivity contribution >= 4 is 0 Å². The van der Waals surface area contributed by atoms with E-state index in [-0.39, 0.29) is 0 Å². The van der Waals surface area contributed by atoms with Crippen molar-refractivity contribution in [3.63, 3.8) is 0 Å². The number of hydrogen-bond acceptors (Lipinski definition) is 3. The molecule has 0 amide bonds. The van der Waals surface area contributed by atoms with Crippen LogP contribution in [0.2, 0.25) is 0 Å². The van der Waals surface area contributed by atoms with E-state index in [1.54, 1.807) is 6.26 Å². The molecular formula is C15H25NO2. The van der Waals surface area contributed by atoms with Gasteiger partial charge in [0.1, 0.15) is 11.9 Å². The quantitative estimate of drug-likeness (QED) is 0.790. The molecule has 0 spiro atoms. The lowest BCUT2D eigenvalue weighted by Crippen LogP contribution is -2.36. The SMILES string of the molecule is C[C@H](NCC(O)c1ccco1)C1CCCCCC1. The molecule has 1 saturated carbocycles. The van der Waals surface area contributed by atoms with Crippen molar-refractivity contribution in [3.8, 4) is 0 Å². The number of aliphatic hydroxyl groups excluding tert-OH is 1. The highest BCUT2D eigenvalue weighted by Gasteiger charge is 2.20. The van der Waals surface area contributed by atoms with Gasteiger partial charge in [-0.15, -0.1) is 0 Å². The minimum absolute atomic E-state index is 0.479. The molecule has 1 aliphatic carbocycles. The van der Waals surface area contributed by atoms with Crippen molar-refractivity contribution in [1.29, 1.82) is 0 Å². The van der Waals surface area contributed by atoms with Crippen LogP contribution in [0.5, 0.6) is 0 Å². The lowest BCUT2D eigenvalue weighted by atomic mass is 9.93. The van der Waals surface area contributed by atoms with Crippen molar-refractivity contribution in [2.75, 3.05) is 6.54 Å². The number of rotatable bonds is 5. The summed E-state index contributed by atoms with van der Waals surface area (Å²) >= 11 is 0. The lowest BCUT2D eigenvalue weighted by Gasteiger charge is -2.24. The Morgan fingerprint density at radius 2 is 2.06 bits per heavy atom. The van der Waals surface area contributed by atoms with Gasteiger partial charge in [-0.05, 0) is 37.8 Å². The summed E-state index contributed by atoms with van der Waals surface area (Å²) in [6.07, 6.45) is 9.21. The number of aliphatic hydroxyl groups is 1. The number of furan rings is 1. The van der Waals surface area contributed by atoms with Crippen LogP contribution in [0.3, 0.4) is 0 Å². The molecule has 102 valence electrons. The Labute approximate surface area is 110 Å². The maximum absolute atomic E-state index is 9.96. The van der Waals surface area contributed by atoms with Crippen LogP contribution in [0.4, 0.5) is 0 Å². The Morgan fingerprint density at radius 3 is 2.67 bits per heavy atom. The molecule has 18 heavy (non-hydrogen) atoms. The zero-order chi connectivity index (χ0) is 12.8. The molecule has 0 aliphatic heterocycles. The summed E-state index contributed by atoms with van der Waals surface area (Å²) in [6.45, 7) is 2.82. The van der Waals surface area contributed by atoms with Gasteiger partial charge in [0, 0.05) is 12.6 Å². The van der Waals surface area contributed by atoms with Gasteiger partial charge in [0.05, 0.1) is 6.26 Å². The minimum Gasteiger partial charge on any atom is -0.467 e. The van der Waals surface area contributed by atoms with E-state index in [1.807, 2.05) is 12.1 Å². The molecule has 1 aliphatic rings. The van der Waals surface area contributed by atoms with Crippen LogP contribution in [0, 0.1) is 5.92 Å². The van der Waals surface area contributed by atoms with Crippen molar-refractivity contribution in [3.05, 3.63) is 24.2 Å². The monoisotopic (exact) mass is 251 g/mol. The van der Waals surface area contributed by atoms with Crippen LogP contribution in [-0.2, 0) is 0 Å². The first-order chi connectivity index (χ1) is 8.77. The molecule has 1 heterocycles. The topological polar surface area (TPSA) is 45.4 Å². The van der Waals surface area contributed by atoms with Gasteiger partial charge in [-0.2, -0.15) is 0 Å². The highest BCUT2D eigenvalue weighted by molar-refractivity contribution is 5.02. The zero-order valence-corrected chi connectivity index (χ0v) is 11.3. The Morgan fingerprint density at radius 1 is 1.33 bits per heavy atom. The van der Waals surface area contributed by atoms with E-state index in [9.17, 15) is 5.11 Å². The molecule has 2 rings (SSSR count). The maximum Gasteiger partial charge on any atom is 0.133 e. The van der Waals surface area contributed by atoms with Crippen molar-refractivity contribution < 1.29 is 9.52 Å². The van der Waals surface area contributed by atoms with Crippen molar-refractivity contribution in [2.24, 2.45) is 5.92 Å². The maximum atomic E-state index is 9.96. The molecule has 1 unspecified atom stereocenters. The second-order valence-electron chi connectivity index (χ2n) is 5.48. The Kier molecular flexibility index (Phi) is 5.26. The van der Waals surface area contributed by atoms with Gasteiger partial charge in [-0.3, -0.25) is 0 Å². The second kappa shape index (κ2) is 6.95. The molecule has 2 atom stereocenters. The van der Waals surface area contributed by atoms with Gasteiger partial charge >= 0.3 is 0 Å². The summed E-state index contributed by atoms with van der Waals surface area (Å²) in [6, 6.07) is 4.11. The minimum atomic E-state index is -0.534. The summed E-state index contributed by atoms with van der Waals surface area (Å²) in [7, 11) is 0. The summed E-state index contributed by atoms with van der Waals surface area (Å²) in [5.74, 6) is 1.41. The number of nitrogens with one attached hydrogen (secondary N) is 1. The Hall–Kier alpha value is -0.800. The standard InChI is InChI=1S/C15H25NO2/c1-12(13-7-4-2-3-5-8-13)16-11-14(17)15-9-6-10-18-15/h6,9-10,12-14,16-17H,2-5,7-8,11H2,1H3/t12-,14?/m0/s1. The highest BCUT2D eigenvalue weighted by Crippen LogP contribution is 2.25. The first-order valence-electron chi connectivity index (χ1n) is 7.22. The zero-order valence-electron chi connectivity index (χ0n) is 11.3. The third-order valence-electron chi connectivity index (χ3n) is 4.11. The largest absolute Gasteiger partial charge is 0.467 e. The van der Waals surface area contributed by atoms with Crippen LogP contribution in [-0.4, -0.2) is 17.7 Å². The molecule has 0 aromatic carbocycles. The molecule has 0 bridgehead atoms. The Bertz CT molecular complexity index is 315. The van der Waals surface area contributed by atoms with E-state index in [2.05, 4.69) is 12.2 Å². The second-order valence-corrected chi connectivity index (χ2v) is 5.48. The molecule has 0 radical (unpaired) electrons. The van der Waals surface area contributed by atoms with E-state index in [4.69, 9.17) is 4.42 Å². The first kappa shape index (κ1) is 13.6. The average molecular weight is 251 g/mol. The average Bonchev–Trinajstić information content (AvgIpc) is 2.78. The highest BCUT2D eigenvalue weighted by atomic mass is 16.4. The van der Waals surface area contributed by atoms with E-state index in [0.717, 1.165) is 5.92 Å². The third kappa shape index (κ3) is 3.85. The van der Waals surface area contributed by atoms with Crippen LogP contribution in [0.1, 0.15) is 57.3 Å². The fourth-order valence-electron chi connectivity index (χ4n) is 2.86. The van der Waals surface area contributed by atoms with E-state index >= 15 is 0 Å². The smallest absolute Gasteiger partial charge is 0.133 e. The van der Waals surface area contributed by atoms with Crippen molar-refractivity contribution in [1.82, 2.24) is 5.32 Å². The summed E-state index contributed by atoms with van der Waals surface area (Å²) in [4.78, 5) is 0. The molecular weight excluding hydrogens is 226 g/mol. The molecule has 1 aromatic rings. The molecule has 1 fully saturated rings. The molecule has 3 heteroatoms. The van der Waals surface area contributed by atoms with Crippen molar-refractivity contribution in [2.45, 2.75) is 57.6 Å². The lowest BCUT2D eigenvalue weighted by molar-refractivity contribution is 0.139.